The van der Waals surface area contributed by atoms with Crippen LogP contribution in [0.25, 0.3) is 0 Å². The molecule has 1 rings (SSSR count). The summed E-state index contributed by atoms with van der Waals surface area (Å²) in [5.74, 6) is 0.390. The van der Waals surface area contributed by atoms with Gasteiger partial charge in [0.15, 0.2) is 5.96 Å². The fourth-order valence-electron chi connectivity index (χ4n) is 2.29. The summed E-state index contributed by atoms with van der Waals surface area (Å²) in [7, 11) is 1.56. The van der Waals surface area contributed by atoms with E-state index >= 15 is 0 Å². The minimum Gasteiger partial charge on any atom is -0.357 e. The zero-order valence-corrected chi connectivity index (χ0v) is 16.8. The highest BCUT2D eigenvalue weighted by molar-refractivity contribution is 5.89. The molecule has 3 atom stereocenters. The maximum absolute atomic E-state index is 12.2. The van der Waals surface area contributed by atoms with E-state index in [2.05, 4.69) is 26.3 Å². The fraction of sp³-hybridized carbons (Fsp3) is 0.800. The van der Waals surface area contributed by atoms with E-state index in [0.717, 1.165) is 31.9 Å². The van der Waals surface area contributed by atoms with Crippen LogP contribution in [0.5, 0.6) is 0 Å². The van der Waals surface area contributed by atoms with Gasteiger partial charge in [0.2, 0.25) is 11.8 Å². The number of amides is 2. The van der Waals surface area contributed by atoms with Gasteiger partial charge >= 0.3 is 0 Å². The van der Waals surface area contributed by atoms with Crippen molar-refractivity contribution in [1.82, 2.24) is 21.3 Å². The van der Waals surface area contributed by atoms with E-state index < -0.39 is 12.1 Å². The minimum atomic E-state index is -0.619. The van der Waals surface area contributed by atoms with Crippen LogP contribution in [-0.4, -0.2) is 56.5 Å². The van der Waals surface area contributed by atoms with Gasteiger partial charge in [-0.1, -0.05) is 20.3 Å². The van der Waals surface area contributed by atoms with Gasteiger partial charge in [-0.05, 0) is 18.8 Å². The van der Waals surface area contributed by atoms with Gasteiger partial charge in [0, 0.05) is 20.1 Å². The second kappa shape index (κ2) is 14.0. The van der Waals surface area contributed by atoms with Crippen molar-refractivity contribution in [2.24, 2.45) is 16.6 Å². The lowest BCUT2D eigenvalue weighted by molar-refractivity contribution is -0.130. The molecule has 1 aliphatic heterocycles. The summed E-state index contributed by atoms with van der Waals surface area (Å²) in [5.41, 5.74) is 5.93. The van der Waals surface area contributed by atoms with Gasteiger partial charge in [-0.2, -0.15) is 0 Å². The summed E-state index contributed by atoms with van der Waals surface area (Å²) in [5, 5.41) is 11.6. The maximum Gasteiger partial charge on any atom is 0.242 e. The van der Waals surface area contributed by atoms with Crippen LogP contribution in [0, 0.1) is 5.92 Å². The molecule has 0 bridgehead atoms. The molecule has 1 aliphatic rings. The predicted octanol–water partition coefficient (Wildman–Crippen LogP) is -0.237. The van der Waals surface area contributed by atoms with Crippen LogP contribution >= 0.6 is 24.8 Å². The third-order valence-corrected chi connectivity index (χ3v) is 4.03. The lowest BCUT2D eigenvalue weighted by Crippen LogP contribution is -2.53. The Morgan fingerprint density at radius 2 is 2.00 bits per heavy atom. The second-order valence-corrected chi connectivity index (χ2v) is 5.82. The number of carbonyl (C=O) groups is 2. The Bertz CT molecular complexity index is 436. The number of guanidine groups is 1. The molecule has 8 nitrogen and oxygen atoms in total. The minimum absolute atomic E-state index is 0. The first kappa shape index (κ1) is 26.0. The molecular weight excluding hydrogens is 367 g/mol. The standard InChI is InChI=1S/C15H30N6O2.2ClH/c1-4-10(2)12(14(23)17-3)21-13(22)11(16)6-5-7-18-15-19-8-9-20-15;;/h10-12H,4-9,16H2,1-3H3,(H,17,23)(H,21,22)(H2,18,19,20);2*1H/t10-,11-,12-;;/m0../s1. The summed E-state index contributed by atoms with van der Waals surface area (Å²) in [4.78, 5) is 28.3. The Labute approximate surface area is 162 Å². The summed E-state index contributed by atoms with van der Waals surface area (Å²) in [6.07, 6.45) is 2.10. The lowest BCUT2D eigenvalue weighted by Gasteiger charge is -2.24. The summed E-state index contributed by atoms with van der Waals surface area (Å²) in [6.45, 7) is 6.28. The van der Waals surface area contributed by atoms with Crippen molar-refractivity contribution in [3.8, 4) is 0 Å². The molecule has 1 heterocycles. The summed E-state index contributed by atoms with van der Waals surface area (Å²) < 4.78 is 0. The average molecular weight is 399 g/mol. The number of halogens is 2. The molecule has 10 heteroatoms. The van der Waals surface area contributed by atoms with Crippen molar-refractivity contribution >= 4 is 42.6 Å². The van der Waals surface area contributed by atoms with E-state index in [1.165, 1.54) is 0 Å². The second-order valence-electron chi connectivity index (χ2n) is 5.82. The Balaban J connectivity index is 0. The van der Waals surface area contributed by atoms with Gasteiger partial charge < -0.3 is 27.0 Å². The van der Waals surface area contributed by atoms with Crippen LogP contribution in [0.4, 0.5) is 0 Å². The SMILES string of the molecule is CC[C@H](C)[C@H](NC(=O)[C@@H](N)CCCNC1=NCCN1)C(=O)NC.Cl.Cl. The molecule has 0 unspecified atom stereocenters. The monoisotopic (exact) mass is 398 g/mol. The number of hydrogen-bond donors (Lipinski definition) is 5. The quantitative estimate of drug-likeness (QED) is 0.343. The highest BCUT2D eigenvalue weighted by Crippen LogP contribution is 2.08. The molecule has 148 valence electrons. The fourth-order valence-corrected chi connectivity index (χ4v) is 2.29. The number of likely N-dealkylation sites (N-methyl/N-ethyl adjacent to an activating group) is 1. The zero-order chi connectivity index (χ0) is 17.2. The molecule has 0 saturated carbocycles. The molecule has 2 amide bonds. The first-order valence-corrected chi connectivity index (χ1v) is 8.29. The topological polar surface area (TPSA) is 121 Å². The van der Waals surface area contributed by atoms with Crippen LogP contribution in [0.3, 0.4) is 0 Å². The number of hydrogen-bond acceptors (Lipinski definition) is 6. The smallest absolute Gasteiger partial charge is 0.242 e. The van der Waals surface area contributed by atoms with Gasteiger partial charge in [0.1, 0.15) is 6.04 Å². The van der Waals surface area contributed by atoms with Crippen molar-refractivity contribution in [2.45, 2.75) is 45.2 Å². The highest BCUT2D eigenvalue weighted by atomic mass is 35.5. The normalized spacial score (nSPS) is 16.1. The van der Waals surface area contributed by atoms with Crippen molar-refractivity contribution in [2.75, 3.05) is 26.7 Å². The molecular formula is C15H32Cl2N6O2. The molecule has 0 spiro atoms. The number of nitrogens with zero attached hydrogens (tertiary/aromatic N) is 1. The Morgan fingerprint density at radius 1 is 1.32 bits per heavy atom. The van der Waals surface area contributed by atoms with Gasteiger partial charge in [0.05, 0.1) is 12.6 Å². The van der Waals surface area contributed by atoms with Gasteiger partial charge in [-0.25, -0.2) is 0 Å². The van der Waals surface area contributed by atoms with Crippen molar-refractivity contribution in [3.05, 3.63) is 0 Å². The van der Waals surface area contributed by atoms with Crippen LogP contribution in [0.2, 0.25) is 0 Å². The molecule has 0 aromatic heterocycles. The largest absolute Gasteiger partial charge is 0.357 e. The Kier molecular flexibility index (Phi) is 14.5. The summed E-state index contributed by atoms with van der Waals surface area (Å²) >= 11 is 0. The van der Waals surface area contributed by atoms with Crippen LogP contribution in [0.15, 0.2) is 4.99 Å². The zero-order valence-electron chi connectivity index (χ0n) is 15.1. The first-order valence-electron chi connectivity index (χ1n) is 8.29. The molecule has 0 radical (unpaired) electrons. The van der Waals surface area contributed by atoms with Crippen LogP contribution < -0.4 is 27.0 Å². The van der Waals surface area contributed by atoms with Crippen molar-refractivity contribution in [3.63, 3.8) is 0 Å². The number of carbonyl (C=O) groups excluding carboxylic acids is 2. The Hall–Kier alpha value is -1.25. The van der Waals surface area contributed by atoms with Crippen molar-refractivity contribution in [1.29, 1.82) is 0 Å². The molecule has 25 heavy (non-hydrogen) atoms. The van der Waals surface area contributed by atoms with E-state index in [1.54, 1.807) is 7.05 Å². The van der Waals surface area contributed by atoms with E-state index in [0.29, 0.717) is 13.0 Å². The summed E-state index contributed by atoms with van der Waals surface area (Å²) in [6, 6.07) is -1.16. The lowest BCUT2D eigenvalue weighted by atomic mass is 9.97. The van der Waals surface area contributed by atoms with E-state index in [-0.39, 0.29) is 42.5 Å². The van der Waals surface area contributed by atoms with Gasteiger partial charge in [-0.15, -0.1) is 24.8 Å². The molecule has 0 fully saturated rings. The molecule has 0 saturated heterocycles. The van der Waals surface area contributed by atoms with Gasteiger partial charge in [0.25, 0.3) is 0 Å². The van der Waals surface area contributed by atoms with Crippen LogP contribution in [-0.2, 0) is 9.59 Å². The molecule has 0 aliphatic carbocycles. The van der Waals surface area contributed by atoms with Gasteiger partial charge in [-0.3, -0.25) is 14.6 Å². The third-order valence-electron chi connectivity index (χ3n) is 4.03. The highest BCUT2D eigenvalue weighted by Gasteiger charge is 2.26. The predicted molar refractivity (Wildman–Crippen MR) is 105 cm³/mol. The number of nitrogens with two attached hydrogens (primary N) is 1. The van der Waals surface area contributed by atoms with E-state index in [1.807, 2.05) is 13.8 Å². The molecule has 0 aromatic carbocycles. The van der Waals surface area contributed by atoms with Crippen LogP contribution in [0.1, 0.15) is 33.1 Å². The number of rotatable bonds is 9. The number of nitrogens with one attached hydrogen (secondary N) is 4. The maximum atomic E-state index is 12.2. The molecule has 6 N–H and O–H groups in total. The Morgan fingerprint density at radius 3 is 2.52 bits per heavy atom. The first-order chi connectivity index (χ1) is 11.0. The molecule has 0 aromatic rings. The van der Waals surface area contributed by atoms with E-state index in [4.69, 9.17) is 5.73 Å². The average Bonchev–Trinajstić information content (AvgIpc) is 3.08. The third kappa shape index (κ3) is 9.13. The number of aliphatic imine (C=N–C) groups is 1. The van der Waals surface area contributed by atoms with E-state index in [9.17, 15) is 9.59 Å². The van der Waals surface area contributed by atoms with Crippen molar-refractivity contribution < 1.29 is 9.59 Å².